The topological polar surface area (TPSA) is 79.7 Å². The van der Waals surface area contributed by atoms with Crippen LogP contribution in [0.2, 0.25) is 0 Å². The van der Waals surface area contributed by atoms with Crippen molar-refractivity contribution in [3.05, 3.63) is 93.7 Å². The minimum Gasteiger partial charge on any atom is -0.507 e. The van der Waals surface area contributed by atoms with Crippen LogP contribution in [0, 0.1) is 0 Å². The molecule has 1 aliphatic rings. The molecule has 1 atom stereocenters. The van der Waals surface area contributed by atoms with Gasteiger partial charge in [-0.05, 0) is 66.4 Å². The molecule has 1 saturated heterocycles. The molecule has 0 saturated carbocycles. The van der Waals surface area contributed by atoms with Crippen molar-refractivity contribution in [3.8, 4) is 5.75 Å². The third-order valence-electron chi connectivity index (χ3n) is 5.91. The highest BCUT2D eigenvalue weighted by Crippen LogP contribution is 2.43. The van der Waals surface area contributed by atoms with Crippen LogP contribution in [0.25, 0.3) is 5.76 Å². The number of benzene rings is 2. The highest BCUT2D eigenvalue weighted by Gasteiger charge is 2.47. The third kappa shape index (κ3) is 4.73. The average molecular weight is 535 g/mol. The zero-order chi connectivity index (χ0) is 25.3. The third-order valence-corrected chi connectivity index (χ3v) is 6.41. The first kappa shape index (κ1) is 24.7. The van der Waals surface area contributed by atoms with Gasteiger partial charge in [-0.25, -0.2) is 0 Å². The first-order chi connectivity index (χ1) is 16.6. The zero-order valence-electron chi connectivity index (χ0n) is 20.1. The maximum Gasteiger partial charge on any atom is 0.300 e. The number of halogens is 1. The van der Waals surface area contributed by atoms with Crippen molar-refractivity contribution in [2.24, 2.45) is 0 Å². The molecule has 1 unspecified atom stereocenters. The Kier molecular flexibility index (Phi) is 6.81. The average Bonchev–Trinajstić information content (AvgIpc) is 3.09. The van der Waals surface area contributed by atoms with Gasteiger partial charge in [0.1, 0.15) is 11.5 Å². The number of aliphatic hydroxyl groups is 1. The number of carbonyl (C=O) groups is 2. The Morgan fingerprint density at radius 1 is 1.09 bits per heavy atom. The highest BCUT2D eigenvalue weighted by atomic mass is 79.9. The van der Waals surface area contributed by atoms with Gasteiger partial charge in [-0.15, -0.1) is 0 Å². The Morgan fingerprint density at radius 2 is 1.80 bits per heavy atom. The van der Waals surface area contributed by atoms with E-state index in [1.54, 1.807) is 54.9 Å². The van der Waals surface area contributed by atoms with Gasteiger partial charge in [-0.3, -0.25) is 19.5 Å². The SMILES string of the molecule is CCOc1ccc(/C(O)=C2/C(=O)C(=O)N(c3cccc(Br)c3)C2c2ccncc2)cc1C(C)(C)C. The number of Topliss-reactive ketones (excluding diaryl/α,β-unsaturated/α-hetero) is 1. The molecular formula is C28H27BrN2O4. The number of ether oxygens (including phenoxy) is 1. The maximum absolute atomic E-state index is 13.4. The largest absolute Gasteiger partial charge is 0.507 e. The molecule has 0 spiro atoms. The molecule has 1 amide bonds. The molecule has 3 aromatic rings. The summed E-state index contributed by atoms with van der Waals surface area (Å²) in [5.74, 6) is -0.947. The van der Waals surface area contributed by atoms with Gasteiger partial charge >= 0.3 is 0 Å². The number of amides is 1. The number of nitrogens with zero attached hydrogens (tertiary/aromatic N) is 2. The predicted octanol–water partition coefficient (Wildman–Crippen LogP) is 6.17. The smallest absolute Gasteiger partial charge is 0.300 e. The second-order valence-corrected chi connectivity index (χ2v) is 10.2. The number of ketones is 1. The molecule has 1 N–H and O–H groups in total. The summed E-state index contributed by atoms with van der Waals surface area (Å²) >= 11 is 3.44. The molecule has 2 heterocycles. The van der Waals surface area contributed by atoms with Crippen molar-refractivity contribution < 1.29 is 19.4 Å². The van der Waals surface area contributed by atoms with Crippen molar-refractivity contribution in [1.82, 2.24) is 4.98 Å². The first-order valence-electron chi connectivity index (χ1n) is 11.4. The van der Waals surface area contributed by atoms with Crippen molar-refractivity contribution >= 4 is 39.1 Å². The van der Waals surface area contributed by atoms with Crippen LogP contribution >= 0.6 is 15.9 Å². The zero-order valence-corrected chi connectivity index (χ0v) is 21.7. The summed E-state index contributed by atoms with van der Waals surface area (Å²) in [5, 5.41) is 11.5. The molecule has 1 aromatic heterocycles. The fraction of sp³-hybridized carbons (Fsp3) is 0.250. The second kappa shape index (κ2) is 9.66. The van der Waals surface area contributed by atoms with E-state index in [-0.39, 0.29) is 16.7 Å². The fourth-order valence-corrected chi connectivity index (χ4v) is 4.67. The summed E-state index contributed by atoms with van der Waals surface area (Å²) in [6.07, 6.45) is 3.20. The van der Waals surface area contributed by atoms with E-state index in [9.17, 15) is 14.7 Å². The van der Waals surface area contributed by atoms with E-state index in [1.165, 1.54) is 4.90 Å². The van der Waals surface area contributed by atoms with Crippen LogP contribution in [0.3, 0.4) is 0 Å². The number of aromatic nitrogens is 1. The van der Waals surface area contributed by atoms with E-state index < -0.39 is 17.7 Å². The van der Waals surface area contributed by atoms with Crippen molar-refractivity contribution in [3.63, 3.8) is 0 Å². The van der Waals surface area contributed by atoms with Gasteiger partial charge in [0.2, 0.25) is 0 Å². The van der Waals surface area contributed by atoms with Crippen molar-refractivity contribution in [2.75, 3.05) is 11.5 Å². The van der Waals surface area contributed by atoms with Crippen LogP contribution < -0.4 is 9.64 Å². The summed E-state index contributed by atoms with van der Waals surface area (Å²) in [6.45, 7) is 8.58. The number of rotatable bonds is 5. The number of carbonyl (C=O) groups excluding carboxylic acids is 2. The molecule has 35 heavy (non-hydrogen) atoms. The van der Waals surface area contributed by atoms with E-state index in [1.807, 2.05) is 19.1 Å². The molecule has 1 aliphatic heterocycles. The number of hydrogen-bond acceptors (Lipinski definition) is 5. The van der Waals surface area contributed by atoms with E-state index in [0.717, 1.165) is 15.8 Å². The Balaban J connectivity index is 1.94. The van der Waals surface area contributed by atoms with Crippen molar-refractivity contribution in [2.45, 2.75) is 39.2 Å². The van der Waals surface area contributed by atoms with Crippen LogP contribution in [0.1, 0.15) is 50.4 Å². The summed E-state index contributed by atoms with van der Waals surface area (Å²) in [7, 11) is 0. The van der Waals surface area contributed by atoms with E-state index in [4.69, 9.17) is 4.74 Å². The fourth-order valence-electron chi connectivity index (χ4n) is 4.29. The molecule has 7 heteroatoms. The minimum absolute atomic E-state index is 0.0326. The van der Waals surface area contributed by atoms with Crippen LogP contribution in [0.4, 0.5) is 5.69 Å². The van der Waals surface area contributed by atoms with Crippen LogP contribution in [0.15, 0.2) is 77.0 Å². The van der Waals surface area contributed by atoms with Crippen molar-refractivity contribution in [1.29, 1.82) is 0 Å². The van der Waals surface area contributed by atoms with Crippen LogP contribution in [-0.4, -0.2) is 28.4 Å². The van der Waals surface area contributed by atoms with E-state index in [0.29, 0.717) is 23.4 Å². The lowest BCUT2D eigenvalue weighted by Gasteiger charge is -2.26. The monoisotopic (exact) mass is 534 g/mol. The van der Waals surface area contributed by atoms with Gasteiger partial charge in [0.15, 0.2) is 0 Å². The quantitative estimate of drug-likeness (QED) is 0.240. The Labute approximate surface area is 213 Å². The van der Waals surface area contributed by atoms with E-state index in [2.05, 4.69) is 41.7 Å². The molecule has 0 radical (unpaired) electrons. The van der Waals surface area contributed by atoms with Gasteiger partial charge in [-0.1, -0.05) is 42.8 Å². The Hall–Kier alpha value is -3.45. The van der Waals surface area contributed by atoms with E-state index >= 15 is 0 Å². The highest BCUT2D eigenvalue weighted by molar-refractivity contribution is 9.10. The number of aliphatic hydroxyl groups excluding tert-OH is 1. The number of hydrogen-bond donors (Lipinski definition) is 1. The predicted molar refractivity (Wildman–Crippen MR) is 139 cm³/mol. The molecule has 0 aliphatic carbocycles. The molecule has 6 nitrogen and oxygen atoms in total. The van der Waals surface area contributed by atoms with Gasteiger partial charge < -0.3 is 9.84 Å². The molecule has 2 aromatic carbocycles. The minimum atomic E-state index is -0.808. The van der Waals surface area contributed by atoms with Gasteiger partial charge in [0.25, 0.3) is 11.7 Å². The molecule has 4 rings (SSSR count). The molecule has 180 valence electrons. The Bertz CT molecular complexity index is 1310. The maximum atomic E-state index is 13.4. The molecular weight excluding hydrogens is 508 g/mol. The van der Waals surface area contributed by atoms with Gasteiger partial charge in [0.05, 0.1) is 18.2 Å². The number of pyridine rings is 1. The summed E-state index contributed by atoms with van der Waals surface area (Å²) in [5.41, 5.74) is 2.32. The molecule has 0 bridgehead atoms. The summed E-state index contributed by atoms with van der Waals surface area (Å²) in [4.78, 5) is 32.2. The standard InChI is InChI=1S/C28H27BrN2O4/c1-5-35-22-10-9-18(15-21(22)28(2,3)4)25(32)23-24(17-11-13-30-14-12-17)31(27(34)26(23)33)20-8-6-7-19(29)16-20/h6-16,24,32H,5H2,1-4H3/b25-23-. The second-order valence-electron chi connectivity index (χ2n) is 9.32. The lowest BCUT2D eigenvalue weighted by Crippen LogP contribution is -2.29. The van der Waals surface area contributed by atoms with Gasteiger partial charge in [-0.2, -0.15) is 0 Å². The lowest BCUT2D eigenvalue weighted by molar-refractivity contribution is -0.132. The normalized spacial score (nSPS) is 17.6. The first-order valence-corrected chi connectivity index (χ1v) is 12.2. The molecule has 1 fully saturated rings. The lowest BCUT2D eigenvalue weighted by atomic mass is 9.84. The summed E-state index contributed by atoms with van der Waals surface area (Å²) < 4.78 is 6.57. The van der Waals surface area contributed by atoms with Crippen LogP contribution in [0.5, 0.6) is 5.75 Å². The van der Waals surface area contributed by atoms with Gasteiger partial charge in [0, 0.05) is 33.7 Å². The summed E-state index contributed by atoms with van der Waals surface area (Å²) in [6, 6.07) is 15.2. The Morgan fingerprint density at radius 3 is 2.43 bits per heavy atom. The number of anilines is 1. The van der Waals surface area contributed by atoms with Crippen LogP contribution in [-0.2, 0) is 15.0 Å².